The Kier molecular flexibility index (Phi) is 6.70. The third-order valence-electron chi connectivity index (χ3n) is 7.08. The number of hydrogen-bond acceptors (Lipinski definition) is 3. The van der Waals surface area contributed by atoms with Crippen molar-refractivity contribution in [1.29, 1.82) is 0 Å². The van der Waals surface area contributed by atoms with Crippen LogP contribution in [-0.2, 0) is 9.59 Å². The number of halogens is 1. The number of nitrogens with one attached hydrogen (secondary N) is 1. The number of ketones is 1. The van der Waals surface area contributed by atoms with E-state index in [-0.39, 0.29) is 17.6 Å². The summed E-state index contributed by atoms with van der Waals surface area (Å²) in [6.07, 6.45) is 8.44. The van der Waals surface area contributed by atoms with Crippen LogP contribution in [0.3, 0.4) is 0 Å². The van der Waals surface area contributed by atoms with Gasteiger partial charge in [0, 0.05) is 24.9 Å². The van der Waals surface area contributed by atoms with Crippen LogP contribution in [0.4, 0.5) is 4.39 Å². The molecule has 3 aliphatic rings. The van der Waals surface area contributed by atoms with E-state index in [9.17, 15) is 14.0 Å². The lowest BCUT2D eigenvalue weighted by molar-refractivity contribution is -0.139. The van der Waals surface area contributed by atoms with Crippen LogP contribution in [0, 0.1) is 17.8 Å². The summed E-state index contributed by atoms with van der Waals surface area (Å²) in [5, 5.41) is 3.23. The summed E-state index contributed by atoms with van der Waals surface area (Å²) >= 11 is 0. The lowest BCUT2D eigenvalue weighted by Crippen LogP contribution is -2.43. The molecule has 0 bridgehead atoms. The third kappa shape index (κ3) is 5.05. The minimum Gasteiger partial charge on any atom is -0.342 e. The van der Waals surface area contributed by atoms with Crippen molar-refractivity contribution < 1.29 is 14.0 Å². The normalized spacial score (nSPS) is 30.2. The molecule has 1 saturated carbocycles. The summed E-state index contributed by atoms with van der Waals surface area (Å²) in [5.41, 5.74) is -0.965. The quantitative estimate of drug-likeness (QED) is 0.810. The Morgan fingerprint density at radius 2 is 1.58 bits per heavy atom. The van der Waals surface area contributed by atoms with Crippen LogP contribution in [0.15, 0.2) is 0 Å². The van der Waals surface area contributed by atoms with E-state index in [0.717, 1.165) is 71.1 Å². The van der Waals surface area contributed by atoms with Crippen molar-refractivity contribution in [2.24, 2.45) is 17.8 Å². The molecule has 4 nitrogen and oxygen atoms in total. The minimum atomic E-state index is -0.965. The van der Waals surface area contributed by atoms with Gasteiger partial charge in [-0.1, -0.05) is 0 Å². The number of hydrogen-bond donors (Lipinski definition) is 1. The fourth-order valence-corrected chi connectivity index (χ4v) is 5.03. The van der Waals surface area contributed by atoms with E-state index in [4.69, 9.17) is 0 Å². The third-order valence-corrected chi connectivity index (χ3v) is 7.08. The van der Waals surface area contributed by atoms with Crippen LogP contribution in [0.2, 0.25) is 0 Å². The first-order valence-electron chi connectivity index (χ1n) is 10.7. The molecule has 0 aromatic heterocycles. The largest absolute Gasteiger partial charge is 0.342 e. The van der Waals surface area contributed by atoms with E-state index in [1.165, 1.54) is 0 Å². The standard InChI is InChI=1S/C21H35FN2O2/c1-16(25)18-2-4-19(5-3-18)20(26)24-14-7-17(8-15-24)6-9-21(22)10-12-23-13-11-21/h17-19,23H,2-15H2,1H3. The zero-order valence-corrected chi connectivity index (χ0v) is 16.3. The zero-order chi connectivity index (χ0) is 18.6. The molecular formula is C21H35FN2O2. The van der Waals surface area contributed by atoms with Gasteiger partial charge in [-0.15, -0.1) is 0 Å². The summed E-state index contributed by atoms with van der Waals surface area (Å²) in [6, 6.07) is 0. The average Bonchev–Trinajstić information content (AvgIpc) is 2.67. The average molecular weight is 367 g/mol. The Hall–Kier alpha value is -0.970. The Morgan fingerprint density at radius 1 is 1.00 bits per heavy atom. The van der Waals surface area contributed by atoms with Gasteiger partial charge in [0.1, 0.15) is 11.5 Å². The number of piperidine rings is 2. The first kappa shape index (κ1) is 19.8. The van der Waals surface area contributed by atoms with Crippen molar-refractivity contribution in [3.8, 4) is 0 Å². The molecular weight excluding hydrogens is 331 g/mol. The minimum absolute atomic E-state index is 0.117. The highest BCUT2D eigenvalue weighted by Gasteiger charge is 2.35. The summed E-state index contributed by atoms with van der Waals surface area (Å²) < 4.78 is 14.7. The van der Waals surface area contributed by atoms with Crippen molar-refractivity contribution in [3.05, 3.63) is 0 Å². The summed E-state index contributed by atoms with van der Waals surface area (Å²) in [6.45, 7) is 4.93. The Labute approximate surface area is 157 Å². The van der Waals surface area contributed by atoms with Gasteiger partial charge in [-0.2, -0.15) is 0 Å². The SMILES string of the molecule is CC(=O)C1CCC(C(=O)N2CCC(CCC3(F)CCNCC3)CC2)CC1. The summed E-state index contributed by atoms with van der Waals surface area (Å²) in [7, 11) is 0. The first-order valence-corrected chi connectivity index (χ1v) is 10.7. The van der Waals surface area contributed by atoms with Crippen LogP contribution in [0.5, 0.6) is 0 Å². The van der Waals surface area contributed by atoms with Gasteiger partial charge in [-0.25, -0.2) is 4.39 Å². The van der Waals surface area contributed by atoms with Crippen molar-refractivity contribution in [3.63, 3.8) is 0 Å². The van der Waals surface area contributed by atoms with Crippen LogP contribution >= 0.6 is 0 Å². The monoisotopic (exact) mass is 366 g/mol. The lowest BCUT2D eigenvalue weighted by atomic mass is 9.79. The van der Waals surface area contributed by atoms with E-state index < -0.39 is 5.67 Å². The highest BCUT2D eigenvalue weighted by atomic mass is 19.1. The molecule has 0 unspecified atom stereocenters. The van der Waals surface area contributed by atoms with Crippen LogP contribution in [-0.4, -0.2) is 48.4 Å². The smallest absolute Gasteiger partial charge is 0.225 e. The van der Waals surface area contributed by atoms with E-state index in [2.05, 4.69) is 5.32 Å². The maximum Gasteiger partial charge on any atom is 0.225 e. The van der Waals surface area contributed by atoms with Gasteiger partial charge >= 0.3 is 0 Å². The van der Waals surface area contributed by atoms with Gasteiger partial charge in [0.05, 0.1) is 0 Å². The van der Waals surface area contributed by atoms with E-state index in [1.807, 2.05) is 4.90 Å². The van der Waals surface area contributed by atoms with Crippen LogP contribution in [0.1, 0.15) is 71.1 Å². The molecule has 3 rings (SSSR count). The fraction of sp³-hybridized carbons (Fsp3) is 0.905. The fourth-order valence-electron chi connectivity index (χ4n) is 5.03. The van der Waals surface area contributed by atoms with Gasteiger partial charge in [0.25, 0.3) is 0 Å². The number of nitrogens with zero attached hydrogens (tertiary/aromatic N) is 1. The van der Waals surface area contributed by atoms with Crippen molar-refractivity contribution in [2.45, 2.75) is 76.8 Å². The maximum atomic E-state index is 14.7. The van der Waals surface area contributed by atoms with Crippen LogP contribution in [0.25, 0.3) is 0 Å². The number of likely N-dealkylation sites (tertiary alicyclic amines) is 1. The maximum absolute atomic E-state index is 14.7. The Morgan fingerprint density at radius 3 is 2.15 bits per heavy atom. The molecule has 3 fully saturated rings. The molecule has 26 heavy (non-hydrogen) atoms. The molecule has 0 aromatic rings. The van der Waals surface area contributed by atoms with Gasteiger partial charge in [0.2, 0.25) is 5.91 Å². The van der Waals surface area contributed by atoms with Crippen molar-refractivity contribution >= 4 is 11.7 Å². The second-order valence-electron chi connectivity index (χ2n) is 8.87. The molecule has 1 aliphatic carbocycles. The van der Waals surface area contributed by atoms with Crippen molar-refractivity contribution in [1.82, 2.24) is 10.2 Å². The number of amides is 1. The molecule has 2 heterocycles. The predicted molar refractivity (Wildman–Crippen MR) is 101 cm³/mol. The van der Waals surface area contributed by atoms with Gasteiger partial charge in [-0.3, -0.25) is 9.59 Å². The molecule has 2 aliphatic heterocycles. The molecule has 0 atom stereocenters. The summed E-state index contributed by atoms with van der Waals surface area (Å²) in [5.74, 6) is 1.43. The molecule has 0 spiro atoms. The van der Waals surface area contributed by atoms with E-state index >= 15 is 0 Å². The number of rotatable bonds is 5. The second-order valence-corrected chi connectivity index (χ2v) is 8.87. The number of carbonyl (C=O) groups excluding carboxylic acids is 2. The number of Topliss-reactive ketones (excluding diaryl/α,β-unsaturated/α-hetero) is 1. The second kappa shape index (κ2) is 8.81. The zero-order valence-electron chi connectivity index (χ0n) is 16.3. The number of alkyl halides is 1. The van der Waals surface area contributed by atoms with E-state index in [1.54, 1.807) is 6.92 Å². The highest BCUT2D eigenvalue weighted by molar-refractivity contribution is 5.81. The van der Waals surface area contributed by atoms with Gasteiger partial charge < -0.3 is 10.2 Å². The van der Waals surface area contributed by atoms with Gasteiger partial charge in [0.15, 0.2) is 0 Å². The molecule has 2 saturated heterocycles. The molecule has 5 heteroatoms. The summed E-state index contributed by atoms with van der Waals surface area (Å²) in [4.78, 5) is 26.3. The van der Waals surface area contributed by atoms with Crippen LogP contribution < -0.4 is 5.32 Å². The highest BCUT2D eigenvalue weighted by Crippen LogP contribution is 2.34. The first-order chi connectivity index (χ1) is 12.5. The number of carbonyl (C=O) groups is 2. The van der Waals surface area contributed by atoms with Gasteiger partial charge in [-0.05, 0) is 90.1 Å². The lowest BCUT2D eigenvalue weighted by Gasteiger charge is -2.37. The van der Waals surface area contributed by atoms with E-state index in [0.29, 0.717) is 31.1 Å². The molecule has 148 valence electrons. The molecule has 0 aromatic carbocycles. The van der Waals surface area contributed by atoms with Crippen molar-refractivity contribution in [2.75, 3.05) is 26.2 Å². The topological polar surface area (TPSA) is 49.4 Å². The predicted octanol–water partition coefficient (Wildman–Crippen LogP) is 3.49. The molecule has 1 amide bonds. The molecule has 1 N–H and O–H groups in total. The molecule has 0 radical (unpaired) electrons. The Bertz CT molecular complexity index is 488. The Balaban J connectivity index is 1.38.